The van der Waals surface area contributed by atoms with Gasteiger partial charge in [-0.25, -0.2) is 0 Å². The molecule has 0 aromatic heterocycles. The molecule has 2 nitrogen and oxygen atoms in total. The van der Waals surface area contributed by atoms with Crippen molar-refractivity contribution in [2.45, 2.75) is 38.7 Å². The Kier molecular flexibility index (Phi) is 5.42. The molecule has 0 aromatic rings. The lowest BCUT2D eigenvalue weighted by atomic mass is 9.90. The van der Waals surface area contributed by atoms with Gasteiger partial charge >= 0.3 is 0 Å². The predicted molar refractivity (Wildman–Crippen MR) is 62.0 cm³/mol. The quantitative estimate of drug-likeness (QED) is 0.687. The van der Waals surface area contributed by atoms with E-state index in [0.29, 0.717) is 12.0 Å². The molecule has 0 N–H and O–H groups in total. The number of ether oxygens (including phenoxy) is 2. The van der Waals surface area contributed by atoms with Crippen molar-refractivity contribution < 1.29 is 9.47 Å². The molecule has 0 radical (unpaired) electrons. The minimum Gasteiger partial charge on any atom is -0.382 e. The number of alkyl halides is 1. The molecular weight excluding hydrogens is 244 g/mol. The molecule has 1 atom stereocenters. The molecule has 1 aliphatic carbocycles. The van der Waals surface area contributed by atoms with Crippen molar-refractivity contribution >= 4 is 15.9 Å². The van der Waals surface area contributed by atoms with Gasteiger partial charge in [-0.2, -0.15) is 0 Å². The fourth-order valence-corrected chi connectivity index (χ4v) is 2.77. The van der Waals surface area contributed by atoms with Crippen molar-refractivity contribution in [3.05, 3.63) is 0 Å². The summed E-state index contributed by atoms with van der Waals surface area (Å²) in [5.74, 6) is 0. The average Bonchev–Trinajstić information content (AvgIpc) is 2.65. The molecule has 0 heterocycles. The number of rotatable bonds is 6. The Labute approximate surface area is 95.5 Å². The molecule has 84 valence electrons. The highest BCUT2D eigenvalue weighted by Gasteiger charge is 2.33. The highest BCUT2D eigenvalue weighted by atomic mass is 79.9. The second kappa shape index (κ2) is 6.09. The van der Waals surface area contributed by atoms with Gasteiger partial charge in [-0.05, 0) is 19.8 Å². The Morgan fingerprint density at radius 3 is 2.50 bits per heavy atom. The molecule has 0 aromatic carbocycles. The van der Waals surface area contributed by atoms with Crippen molar-refractivity contribution in [1.29, 1.82) is 0 Å². The van der Waals surface area contributed by atoms with Crippen LogP contribution in [0.1, 0.15) is 32.6 Å². The monoisotopic (exact) mass is 264 g/mol. The van der Waals surface area contributed by atoms with Crippen LogP contribution in [0.3, 0.4) is 0 Å². The van der Waals surface area contributed by atoms with E-state index in [1.54, 1.807) is 7.11 Å². The molecule has 1 fully saturated rings. The molecule has 1 rings (SSSR count). The predicted octanol–water partition coefficient (Wildman–Crippen LogP) is 2.99. The van der Waals surface area contributed by atoms with Crippen LogP contribution in [0.15, 0.2) is 0 Å². The van der Waals surface area contributed by atoms with Gasteiger partial charge in [0.05, 0.1) is 19.3 Å². The fourth-order valence-electron chi connectivity index (χ4n) is 2.04. The Morgan fingerprint density at radius 1 is 1.36 bits per heavy atom. The van der Waals surface area contributed by atoms with Crippen LogP contribution >= 0.6 is 15.9 Å². The Balaban J connectivity index is 2.27. The number of hydrogen-bond donors (Lipinski definition) is 0. The van der Waals surface area contributed by atoms with E-state index in [0.717, 1.165) is 11.9 Å². The summed E-state index contributed by atoms with van der Waals surface area (Å²) in [4.78, 5) is 0. The smallest absolute Gasteiger partial charge is 0.0780 e. The summed E-state index contributed by atoms with van der Waals surface area (Å²) in [6.07, 6.45) is 5.54. The largest absolute Gasteiger partial charge is 0.382 e. The van der Waals surface area contributed by atoms with Crippen LogP contribution in [0, 0.1) is 5.41 Å². The van der Waals surface area contributed by atoms with Crippen LogP contribution in [-0.2, 0) is 9.47 Å². The number of halogens is 1. The molecule has 0 bridgehead atoms. The highest BCUT2D eigenvalue weighted by molar-refractivity contribution is 9.09. The van der Waals surface area contributed by atoms with E-state index in [-0.39, 0.29) is 6.10 Å². The second-order valence-corrected chi connectivity index (χ2v) is 4.98. The maximum Gasteiger partial charge on any atom is 0.0780 e. The Hall–Kier alpha value is 0.400. The summed E-state index contributed by atoms with van der Waals surface area (Å²) in [5, 5.41) is 1.07. The summed E-state index contributed by atoms with van der Waals surface area (Å²) in [7, 11) is 1.72. The van der Waals surface area contributed by atoms with Crippen molar-refractivity contribution in [2.75, 3.05) is 25.7 Å². The van der Waals surface area contributed by atoms with Crippen molar-refractivity contribution in [3.8, 4) is 0 Å². The molecule has 1 unspecified atom stereocenters. The van der Waals surface area contributed by atoms with E-state index < -0.39 is 0 Å². The van der Waals surface area contributed by atoms with Crippen LogP contribution in [0.2, 0.25) is 0 Å². The van der Waals surface area contributed by atoms with Gasteiger partial charge in [-0.1, -0.05) is 28.8 Å². The van der Waals surface area contributed by atoms with Gasteiger partial charge in [0, 0.05) is 17.9 Å². The zero-order chi connectivity index (χ0) is 10.4. The van der Waals surface area contributed by atoms with Gasteiger partial charge in [0.1, 0.15) is 0 Å². The molecule has 3 heteroatoms. The van der Waals surface area contributed by atoms with Gasteiger partial charge < -0.3 is 9.47 Å². The van der Waals surface area contributed by atoms with Gasteiger partial charge in [-0.3, -0.25) is 0 Å². The van der Waals surface area contributed by atoms with Crippen LogP contribution < -0.4 is 0 Å². The van der Waals surface area contributed by atoms with E-state index >= 15 is 0 Å². The first-order valence-corrected chi connectivity index (χ1v) is 6.51. The zero-order valence-corrected chi connectivity index (χ0v) is 10.8. The highest BCUT2D eigenvalue weighted by Crippen LogP contribution is 2.39. The van der Waals surface area contributed by atoms with E-state index in [2.05, 4.69) is 22.9 Å². The van der Waals surface area contributed by atoms with E-state index in [1.807, 2.05) is 0 Å². The molecule has 1 saturated carbocycles. The average molecular weight is 265 g/mol. The van der Waals surface area contributed by atoms with Crippen LogP contribution in [0.4, 0.5) is 0 Å². The SMILES string of the molecule is COCC(C)OCC1(CBr)CCCC1. The second-order valence-electron chi connectivity index (χ2n) is 4.42. The first-order chi connectivity index (χ1) is 6.72. The topological polar surface area (TPSA) is 18.5 Å². The molecule has 1 aliphatic rings. The zero-order valence-electron chi connectivity index (χ0n) is 9.22. The molecule has 0 aliphatic heterocycles. The van der Waals surface area contributed by atoms with Crippen molar-refractivity contribution in [1.82, 2.24) is 0 Å². The first-order valence-electron chi connectivity index (χ1n) is 5.39. The van der Waals surface area contributed by atoms with Crippen molar-refractivity contribution in [3.63, 3.8) is 0 Å². The summed E-state index contributed by atoms with van der Waals surface area (Å²) >= 11 is 3.61. The van der Waals surface area contributed by atoms with E-state index in [9.17, 15) is 0 Å². The fraction of sp³-hybridized carbons (Fsp3) is 1.00. The van der Waals surface area contributed by atoms with Crippen LogP contribution in [0.5, 0.6) is 0 Å². The Morgan fingerprint density at radius 2 is 2.00 bits per heavy atom. The number of methoxy groups -OCH3 is 1. The third-order valence-electron chi connectivity index (χ3n) is 3.02. The molecule has 0 amide bonds. The van der Waals surface area contributed by atoms with Crippen LogP contribution in [0.25, 0.3) is 0 Å². The lowest BCUT2D eigenvalue weighted by Crippen LogP contribution is -2.29. The summed E-state index contributed by atoms with van der Waals surface area (Å²) in [6, 6.07) is 0. The van der Waals surface area contributed by atoms with Gasteiger partial charge in [0.25, 0.3) is 0 Å². The lowest BCUT2D eigenvalue weighted by molar-refractivity contribution is -0.0262. The third kappa shape index (κ3) is 3.52. The molecule has 0 spiro atoms. The van der Waals surface area contributed by atoms with Gasteiger partial charge in [0.2, 0.25) is 0 Å². The maximum atomic E-state index is 5.81. The van der Waals surface area contributed by atoms with Crippen LogP contribution in [-0.4, -0.2) is 31.8 Å². The summed E-state index contributed by atoms with van der Waals surface area (Å²) in [6.45, 7) is 3.64. The minimum absolute atomic E-state index is 0.219. The third-order valence-corrected chi connectivity index (χ3v) is 4.21. The van der Waals surface area contributed by atoms with Crippen molar-refractivity contribution in [2.24, 2.45) is 5.41 Å². The van der Waals surface area contributed by atoms with Gasteiger partial charge in [0.15, 0.2) is 0 Å². The Bertz CT molecular complexity index is 155. The van der Waals surface area contributed by atoms with E-state index in [1.165, 1.54) is 25.7 Å². The normalized spacial score (nSPS) is 22.5. The van der Waals surface area contributed by atoms with E-state index in [4.69, 9.17) is 9.47 Å². The van der Waals surface area contributed by atoms with Gasteiger partial charge in [-0.15, -0.1) is 0 Å². The number of hydrogen-bond acceptors (Lipinski definition) is 2. The maximum absolute atomic E-state index is 5.81. The standard InChI is InChI=1S/C11H21BrO2/c1-10(7-13-2)14-9-11(8-12)5-3-4-6-11/h10H,3-9H2,1-2H3. The summed E-state index contributed by atoms with van der Waals surface area (Å²) < 4.78 is 10.9. The molecule has 14 heavy (non-hydrogen) atoms. The summed E-state index contributed by atoms with van der Waals surface area (Å²) in [5.41, 5.74) is 0.405. The molecular formula is C11H21BrO2. The lowest BCUT2D eigenvalue weighted by Gasteiger charge is -2.27. The molecule has 0 saturated heterocycles. The first kappa shape index (κ1) is 12.5. The minimum atomic E-state index is 0.219.